The number of halogens is 1. The van der Waals surface area contributed by atoms with E-state index in [9.17, 15) is 8.60 Å². The molecule has 7 heteroatoms. The first-order chi connectivity index (χ1) is 12.6. The lowest BCUT2D eigenvalue weighted by molar-refractivity contribution is 0.414. The van der Waals surface area contributed by atoms with E-state index in [-0.39, 0.29) is 5.82 Å². The van der Waals surface area contributed by atoms with Gasteiger partial charge >= 0.3 is 0 Å². The first kappa shape index (κ1) is 21.2. The molecule has 1 fully saturated rings. The minimum atomic E-state index is -0.713. The minimum absolute atomic E-state index is 0.137. The fourth-order valence-corrected chi connectivity index (χ4v) is 5.37. The number of thioether (sulfide) groups is 1. The fourth-order valence-electron chi connectivity index (χ4n) is 3.18. The van der Waals surface area contributed by atoms with Gasteiger partial charge in [0.15, 0.2) is 5.96 Å². The lowest BCUT2D eigenvalue weighted by Crippen LogP contribution is -2.47. The number of nitrogens with zero attached hydrogens (tertiary/aromatic N) is 1. The summed E-state index contributed by atoms with van der Waals surface area (Å²) in [6.07, 6.45) is 4.23. The van der Waals surface area contributed by atoms with E-state index in [1.54, 1.807) is 24.9 Å². The van der Waals surface area contributed by atoms with Crippen molar-refractivity contribution in [2.75, 3.05) is 25.1 Å². The third kappa shape index (κ3) is 6.91. The van der Waals surface area contributed by atoms with E-state index in [2.05, 4.69) is 15.6 Å². The maximum Gasteiger partial charge on any atom is 0.191 e. The lowest BCUT2D eigenvalue weighted by Gasteiger charge is -2.30. The molecular weight excluding hydrogens is 369 g/mol. The van der Waals surface area contributed by atoms with Crippen molar-refractivity contribution < 1.29 is 8.60 Å². The molecule has 0 aliphatic heterocycles. The SMILES string of the molecule is CCS(=O)C1CCCC(NC(=NC)NCCSCc2ccccc2F)C1. The van der Waals surface area contributed by atoms with E-state index in [1.165, 1.54) is 6.07 Å². The van der Waals surface area contributed by atoms with Crippen LogP contribution in [0.3, 0.4) is 0 Å². The van der Waals surface area contributed by atoms with Crippen LogP contribution in [0.25, 0.3) is 0 Å². The molecule has 0 heterocycles. The van der Waals surface area contributed by atoms with Gasteiger partial charge < -0.3 is 10.6 Å². The Balaban J connectivity index is 1.67. The van der Waals surface area contributed by atoms with E-state index >= 15 is 0 Å². The summed E-state index contributed by atoms with van der Waals surface area (Å²) in [7, 11) is 1.06. The Morgan fingerprint density at radius 3 is 2.92 bits per heavy atom. The van der Waals surface area contributed by atoms with Crippen LogP contribution in [0, 0.1) is 5.82 Å². The van der Waals surface area contributed by atoms with Crippen LogP contribution >= 0.6 is 11.8 Å². The zero-order valence-electron chi connectivity index (χ0n) is 15.7. The molecule has 0 radical (unpaired) electrons. The maximum absolute atomic E-state index is 13.6. The van der Waals surface area contributed by atoms with Crippen LogP contribution in [0.5, 0.6) is 0 Å². The molecule has 0 aromatic heterocycles. The summed E-state index contributed by atoms with van der Waals surface area (Å²) in [4.78, 5) is 4.29. The molecule has 146 valence electrons. The topological polar surface area (TPSA) is 53.5 Å². The molecule has 3 unspecified atom stereocenters. The van der Waals surface area contributed by atoms with Crippen molar-refractivity contribution in [1.82, 2.24) is 10.6 Å². The average molecular weight is 400 g/mol. The second-order valence-electron chi connectivity index (χ2n) is 6.44. The Hall–Kier alpha value is -1.08. The predicted octanol–water partition coefficient (Wildman–Crippen LogP) is 3.30. The third-order valence-corrected chi connectivity index (χ3v) is 7.35. The summed E-state index contributed by atoms with van der Waals surface area (Å²) in [5, 5.41) is 7.10. The zero-order chi connectivity index (χ0) is 18.8. The van der Waals surface area contributed by atoms with Gasteiger partial charge in [0.25, 0.3) is 0 Å². The maximum atomic E-state index is 13.6. The zero-order valence-corrected chi connectivity index (χ0v) is 17.3. The molecule has 2 N–H and O–H groups in total. The van der Waals surface area contributed by atoms with Crippen molar-refractivity contribution in [1.29, 1.82) is 0 Å². The van der Waals surface area contributed by atoms with Gasteiger partial charge in [-0.1, -0.05) is 31.5 Å². The molecule has 0 spiro atoms. The molecule has 1 aliphatic rings. The first-order valence-corrected chi connectivity index (χ1v) is 11.8. The molecule has 26 heavy (non-hydrogen) atoms. The van der Waals surface area contributed by atoms with E-state index in [0.717, 1.165) is 55.3 Å². The molecule has 1 aromatic carbocycles. The van der Waals surface area contributed by atoms with Crippen LogP contribution in [-0.4, -0.2) is 46.6 Å². The Labute approximate surface area is 163 Å². The number of rotatable bonds is 8. The summed E-state index contributed by atoms with van der Waals surface area (Å²) in [5.74, 6) is 2.95. The quantitative estimate of drug-likeness (QED) is 0.400. The predicted molar refractivity (Wildman–Crippen MR) is 112 cm³/mol. The van der Waals surface area contributed by atoms with E-state index < -0.39 is 10.8 Å². The number of benzene rings is 1. The molecule has 1 saturated carbocycles. The van der Waals surface area contributed by atoms with Crippen molar-refractivity contribution in [3.63, 3.8) is 0 Å². The molecule has 2 rings (SSSR count). The number of aliphatic imine (C=N–C) groups is 1. The molecule has 3 atom stereocenters. The molecule has 1 aromatic rings. The highest BCUT2D eigenvalue weighted by Gasteiger charge is 2.25. The monoisotopic (exact) mass is 399 g/mol. The van der Waals surface area contributed by atoms with Gasteiger partial charge in [-0.25, -0.2) is 4.39 Å². The van der Waals surface area contributed by atoms with Gasteiger partial charge in [0.1, 0.15) is 5.82 Å². The fraction of sp³-hybridized carbons (Fsp3) is 0.632. The Morgan fingerprint density at radius 2 is 2.19 bits per heavy atom. The highest BCUT2D eigenvalue weighted by molar-refractivity contribution is 7.98. The van der Waals surface area contributed by atoms with Crippen LogP contribution in [0.15, 0.2) is 29.3 Å². The van der Waals surface area contributed by atoms with Crippen LogP contribution < -0.4 is 10.6 Å². The molecular formula is C19H30FN3OS2. The average Bonchev–Trinajstić information content (AvgIpc) is 2.67. The van der Waals surface area contributed by atoms with Gasteiger partial charge in [-0.2, -0.15) is 11.8 Å². The molecule has 0 saturated heterocycles. The van der Waals surface area contributed by atoms with Crippen molar-refractivity contribution in [3.8, 4) is 0 Å². The summed E-state index contributed by atoms with van der Waals surface area (Å²) in [5.41, 5.74) is 0.747. The first-order valence-electron chi connectivity index (χ1n) is 9.29. The minimum Gasteiger partial charge on any atom is -0.356 e. The number of nitrogens with one attached hydrogen (secondary N) is 2. The normalized spacial score (nSPS) is 22.0. The van der Waals surface area contributed by atoms with Gasteiger partial charge in [0, 0.05) is 52.9 Å². The van der Waals surface area contributed by atoms with E-state index in [1.807, 2.05) is 19.1 Å². The van der Waals surface area contributed by atoms with Gasteiger partial charge in [0.2, 0.25) is 0 Å². The Morgan fingerprint density at radius 1 is 1.38 bits per heavy atom. The highest BCUT2D eigenvalue weighted by atomic mass is 32.2. The van der Waals surface area contributed by atoms with Gasteiger partial charge in [0.05, 0.1) is 0 Å². The van der Waals surface area contributed by atoms with Crippen molar-refractivity contribution >= 4 is 28.5 Å². The van der Waals surface area contributed by atoms with Crippen LogP contribution in [0.1, 0.15) is 38.2 Å². The smallest absolute Gasteiger partial charge is 0.191 e. The second kappa shape index (κ2) is 11.6. The van der Waals surface area contributed by atoms with Crippen LogP contribution in [0.4, 0.5) is 4.39 Å². The van der Waals surface area contributed by atoms with E-state index in [4.69, 9.17) is 0 Å². The van der Waals surface area contributed by atoms with Gasteiger partial charge in [-0.15, -0.1) is 0 Å². The van der Waals surface area contributed by atoms with Crippen molar-refractivity contribution in [3.05, 3.63) is 35.6 Å². The van der Waals surface area contributed by atoms with Crippen molar-refractivity contribution in [2.24, 2.45) is 4.99 Å². The van der Waals surface area contributed by atoms with Gasteiger partial charge in [-0.3, -0.25) is 9.20 Å². The lowest BCUT2D eigenvalue weighted by atomic mass is 9.95. The highest BCUT2D eigenvalue weighted by Crippen LogP contribution is 2.23. The molecule has 0 amide bonds. The summed E-state index contributed by atoms with van der Waals surface area (Å²) in [6.45, 7) is 2.77. The van der Waals surface area contributed by atoms with Crippen LogP contribution in [-0.2, 0) is 16.6 Å². The molecule has 4 nitrogen and oxygen atoms in total. The standard InChI is InChI=1S/C19H30FN3OS2/c1-3-26(24)17-9-6-8-16(13-17)23-19(21-2)22-11-12-25-14-15-7-4-5-10-18(15)20/h4-5,7,10,16-17H,3,6,8-9,11-14H2,1-2H3,(H2,21,22,23). The Bertz CT molecular complexity index is 612. The Kier molecular flexibility index (Phi) is 9.46. The van der Waals surface area contributed by atoms with Gasteiger partial charge in [-0.05, 0) is 30.9 Å². The third-order valence-electron chi connectivity index (χ3n) is 4.60. The van der Waals surface area contributed by atoms with E-state index in [0.29, 0.717) is 17.0 Å². The number of hydrogen-bond donors (Lipinski definition) is 2. The summed E-state index contributed by atoms with van der Waals surface area (Å²) in [6, 6.07) is 7.25. The summed E-state index contributed by atoms with van der Waals surface area (Å²) >= 11 is 1.70. The summed E-state index contributed by atoms with van der Waals surface area (Å²) < 4.78 is 25.6. The number of guanidine groups is 1. The van der Waals surface area contributed by atoms with Crippen molar-refractivity contribution in [2.45, 2.75) is 49.7 Å². The largest absolute Gasteiger partial charge is 0.356 e. The van der Waals surface area contributed by atoms with Crippen LogP contribution in [0.2, 0.25) is 0 Å². The number of hydrogen-bond acceptors (Lipinski definition) is 3. The molecule has 0 bridgehead atoms. The second-order valence-corrected chi connectivity index (χ2v) is 9.55. The molecule has 1 aliphatic carbocycles.